The van der Waals surface area contributed by atoms with Crippen LogP contribution in [0.2, 0.25) is 0 Å². The highest BCUT2D eigenvalue weighted by molar-refractivity contribution is 5.95. The summed E-state index contributed by atoms with van der Waals surface area (Å²) in [5.41, 5.74) is 2.28. The van der Waals surface area contributed by atoms with E-state index in [1.54, 1.807) is 24.3 Å². The highest BCUT2D eigenvalue weighted by Crippen LogP contribution is 2.19. The van der Waals surface area contributed by atoms with Crippen molar-refractivity contribution in [2.75, 3.05) is 43.1 Å². The zero-order valence-corrected chi connectivity index (χ0v) is 14.7. The number of carbonyl (C=O) groups excluding carboxylic acids is 2. The second-order valence-electron chi connectivity index (χ2n) is 5.96. The first-order valence-corrected chi connectivity index (χ1v) is 8.55. The van der Waals surface area contributed by atoms with Crippen molar-refractivity contribution >= 4 is 23.3 Å². The van der Waals surface area contributed by atoms with Gasteiger partial charge in [-0.05, 0) is 42.5 Å². The molecule has 1 N–H and O–H groups in total. The summed E-state index contributed by atoms with van der Waals surface area (Å²) in [6.07, 6.45) is 0. The summed E-state index contributed by atoms with van der Waals surface area (Å²) < 4.78 is 10.3. The van der Waals surface area contributed by atoms with Crippen LogP contribution < -0.4 is 10.2 Å². The molecule has 1 saturated heterocycles. The summed E-state index contributed by atoms with van der Waals surface area (Å²) in [6.45, 7) is 2.70. The topological polar surface area (TPSA) is 91.7 Å². The first-order chi connectivity index (χ1) is 13.2. The molecule has 1 heterocycles. The van der Waals surface area contributed by atoms with E-state index >= 15 is 0 Å². The fourth-order valence-electron chi connectivity index (χ4n) is 2.70. The van der Waals surface area contributed by atoms with Crippen LogP contribution in [0.5, 0.6) is 0 Å². The number of anilines is 2. The van der Waals surface area contributed by atoms with Gasteiger partial charge < -0.3 is 19.7 Å². The van der Waals surface area contributed by atoms with Crippen molar-refractivity contribution in [1.82, 2.24) is 0 Å². The quantitative estimate of drug-likeness (QED) is 0.817. The van der Waals surface area contributed by atoms with Gasteiger partial charge in [0.1, 0.15) is 0 Å². The van der Waals surface area contributed by atoms with Crippen molar-refractivity contribution in [3.8, 4) is 6.07 Å². The Hall–Kier alpha value is -3.37. The molecular formula is C20H19N3O4. The van der Waals surface area contributed by atoms with E-state index in [9.17, 15) is 9.59 Å². The Morgan fingerprint density at radius 3 is 2.59 bits per heavy atom. The maximum absolute atomic E-state index is 12.0. The van der Waals surface area contributed by atoms with Crippen molar-refractivity contribution in [2.24, 2.45) is 0 Å². The van der Waals surface area contributed by atoms with Crippen LogP contribution in [0.1, 0.15) is 15.9 Å². The van der Waals surface area contributed by atoms with Gasteiger partial charge in [0.25, 0.3) is 5.91 Å². The Bertz CT molecular complexity index is 852. The number of hydrogen-bond acceptors (Lipinski definition) is 6. The lowest BCUT2D eigenvalue weighted by Crippen LogP contribution is -2.36. The van der Waals surface area contributed by atoms with Crippen molar-refractivity contribution in [3.05, 3.63) is 59.7 Å². The number of nitrogens with one attached hydrogen (secondary N) is 1. The minimum atomic E-state index is -0.648. The normalized spacial score (nSPS) is 13.5. The Kier molecular flexibility index (Phi) is 6.02. The molecule has 3 rings (SSSR count). The molecule has 0 spiro atoms. The molecule has 27 heavy (non-hydrogen) atoms. The molecule has 0 aliphatic carbocycles. The van der Waals surface area contributed by atoms with Crippen LogP contribution >= 0.6 is 0 Å². The van der Waals surface area contributed by atoms with E-state index in [0.29, 0.717) is 24.5 Å². The molecule has 0 saturated carbocycles. The summed E-state index contributed by atoms with van der Waals surface area (Å²) in [7, 11) is 0. The third-order valence-corrected chi connectivity index (χ3v) is 4.09. The van der Waals surface area contributed by atoms with Gasteiger partial charge in [0, 0.05) is 24.5 Å². The molecule has 2 aromatic carbocycles. The van der Waals surface area contributed by atoms with Crippen LogP contribution in [-0.4, -0.2) is 44.8 Å². The molecule has 2 aromatic rings. The molecular weight excluding hydrogens is 346 g/mol. The van der Waals surface area contributed by atoms with Gasteiger partial charge in [-0.25, -0.2) is 4.79 Å². The van der Waals surface area contributed by atoms with Crippen molar-refractivity contribution < 1.29 is 19.1 Å². The van der Waals surface area contributed by atoms with Crippen molar-refractivity contribution in [1.29, 1.82) is 5.26 Å². The molecule has 1 amide bonds. The van der Waals surface area contributed by atoms with E-state index in [1.165, 1.54) is 12.1 Å². The Morgan fingerprint density at radius 2 is 1.89 bits per heavy atom. The van der Waals surface area contributed by atoms with Gasteiger partial charge in [0.2, 0.25) is 0 Å². The van der Waals surface area contributed by atoms with E-state index in [1.807, 2.05) is 18.2 Å². The van der Waals surface area contributed by atoms with E-state index < -0.39 is 18.5 Å². The smallest absolute Gasteiger partial charge is 0.338 e. The number of carbonyl (C=O) groups is 2. The standard InChI is InChI=1S/C20H19N3O4/c21-13-15-2-1-3-16(12-15)20(25)27-14-19(24)22-17-4-6-18(7-5-17)23-8-10-26-11-9-23/h1-7,12H,8-11,14H2,(H,22,24). The minimum absolute atomic E-state index is 0.233. The van der Waals surface area contributed by atoms with Gasteiger partial charge in [-0.15, -0.1) is 0 Å². The zero-order valence-electron chi connectivity index (χ0n) is 14.7. The van der Waals surface area contributed by atoms with Crippen LogP contribution in [0.15, 0.2) is 48.5 Å². The number of amides is 1. The molecule has 7 nitrogen and oxygen atoms in total. The lowest BCUT2D eigenvalue weighted by molar-refractivity contribution is -0.119. The van der Waals surface area contributed by atoms with Gasteiger partial charge in [-0.1, -0.05) is 6.07 Å². The number of esters is 1. The predicted molar refractivity (Wildman–Crippen MR) is 99.5 cm³/mol. The van der Waals surface area contributed by atoms with Crippen LogP contribution in [0.4, 0.5) is 11.4 Å². The average molecular weight is 365 g/mol. The fourth-order valence-corrected chi connectivity index (χ4v) is 2.70. The monoisotopic (exact) mass is 365 g/mol. The lowest BCUT2D eigenvalue weighted by atomic mass is 10.1. The highest BCUT2D eigenvalue weighted by atomic mass is 16.5. The van der Waals surface area contributed by atoms with Crippen molar-refractivity contribution in [2.45, 2.75) is 0 Å². The largest absolute Gasteiger partial charge is 0.452 e. The maximum Gasteiger partial charge on any atom is 0.338 e. The molecule has 138 valence electrons. The molecule has 1 fully saturated rings. The van der Waals surface area contributed by atoms with Gasteiger partial charge >= 0.3 is 5.97 Å². The number of rotatable bonds is 5. The zero-order chi connectivity index (χ0) is 19.1. The Labute approximate surface area is 157 Å². The molecule has 1 aliphatic heterocycles. The highest BCUT2D eigenvalue weighted by Gasteiger charge is 2.13. The van der Waals surface area contributed by atoms with Crippen LogP contribution in [-0.2, 0) is 14.3 Å². The van der Waals surface area contributed by atoms with E-state index in [0.717, 1.165) is 18.8 Å². The van der Waals surface area contributed by atoms with Crippen LogP contribution in [0.3, 0.4) is 0 Å². The van der Waals surface area contributed by atoms with E-state index in [4.69, 9.17) is 14.7 Å². The third kappa shape index (κ3) is 5.06. The average Bonchev–Trinajstić information content (AvgIpc) is 2.73. The Balaban J connectivity index is 1.50. The maximum atomic E-state index is 12.0. The molecule has 0 radical (unpaired) electrons. The number of benzene rings is 2. The van der Waals surface area contributed by atoms with E-state index in [-0.39, 0.29) is 5.56 Å². The number of nitrogens with zero attached hydrogens (tertiary/aromatic N) is 2. The SMILES string of the molecule is N#Cc1cccc(C(=O)OCC(=O)Nc2ccc(N3CCOCC3)cc2)c1. The first-order valence-electron chi connectivity index (χ1n) is 8.55. The fraction of sp³-hybridized carbons (Fsp3) is 0.250. The number of nitriles is 1. The summed E-state index contributed by atoms with van der Waals surface area (Å²) in [5, 5.41) is 11.5. The van der Waals surface area contributed by atoms with Crippen LogP contribution in [0, 0.1) is 11.3 Å². The number of hydrogen-bond donors (Lipinski definition) is 1. The molecule has 0 bridgehead atoms. The van der Waals surface area contributed by atoms with Crippen molar-refractivity contribution in [3.63, 3.8) is 0 Å². The summed E-state index contributed by atoms with van der Waals surface area (Å²) in [5.74, 6) is -1.08. The van der Waals surface area contributed by atoms with Gasteiger partial charge in [-0.2, -0.15) is 5.26 Å². The molecule has 1 aliphatic rings. The molecule has 0 aromatic heterocycles. The van der Waals surface area contributed by atoms with Crippen LogP contribution in [0.25, 0.3) is 0 Å². The number of ether oxygens (including phenoxy) is 2. The van der Waals surface area contributed by atoms with Gasteiger partial charge in [0.05, 0.1) is 30.4 Å². The van der Waals surface area contributed by atoms with Gasteiger partial charge in [0.15, 0.2) is 6.61 Å². The number of morpholine rings is 1. The molecule has 0 unspecified atom stereocenters. The van der Waals surface area contributed by atoms with Gasteiger partial charge in [-0.3, -0.25) is 4.79 Å². The minimum Gasteiger partial charge on any atom is -0.452 e. The van der Waals surface area contributed by atoms with E-state index in [2.05, 4.69) is 10.2 Å². The lowest BCUT2D eigenvalue weighted by Gasteiger charge is -2.28. The summed E-state index contributed by atoms with van der Waals surface area (Å²) >= 11 is 0. The molecule has 7 heteroatoms. The second kappa shape index (κ2) is 8.83. The predicted octanol–water partition coefficient (Wildman–Crippen LogP) is 2.19. The first kappa shape index (κ1) is 18.4. The molecule has 0 atom stereocenters. The summed E-state index contributed by atoms with van der Waals surface area (Å²) in [6, 6.07) is 15.6. The summed E-state index contributed by atoms with van der Waals surface area (Å²) in [4.78, 5) is 26.2. The second-order valence-corrected chi connectivity index (χ2v) is 5.96. The Morgan fingerprint density at radius 1 is 1.15 bits per heavy atom. The third-order valence-electron chi connectivity index (χ3n) is 4.09.